The maximum absolute atomic E-state index is 13.7. The lowest BCUT2D eigenvalue weighted by molar-refractivity contribution is 0.383. The average Bonchev–Trinajstić information content (AvgIpc) is 2.67. The van der Waals surface area contributed by atoms with E-state index >= 15 is 0 Å². The Morgan fingerprint density at radius 3 is 2.37 bits per heavy atom. The number of ether oxygens (including phenoxy) is 1. The van der Waals surface area contributed by atoms with Crippen molar-refractivity contribution in [1.29, 1.82) is 0 Å². The number of halogens is 2. The van der Waals surface area contributed by atoms with Gasteiger partial charge in [0.25, 0.3) is 0 Å². The molecule has 0 amide bonds. The molecule has 2 aromatic carbocycles. The largest absolute Gasteiger partial charge is 0.480 e. The fourth-order valence-electron chi connectivity index (χ4n) is 2.67. The Labute approximate surface area is 156 Å². The molecule has 0 saturated carbocycles. The summed E-state index contributed by atoms with van der Waals surface area (Å²) in [5.41, 5.74) is 0.903. The number of hydrogen-bond donors (Lipinski definition) is 0. The van der Waals surface area contributed by atoms with Crippen molar-refractivity contribution in [2.75, 3.05) is 7.11 Å². The van der Waals surface area contributed by atoms with Gasteiger partial charge in [0, 0.05) is 11.8 Å². The third kappa shape index (κ3) is 4.14. The maximum atomic E-state index is 13.7. The molecule has 27 heavy (non-hydrogen) atoms. The van der Waals surface area contributed by atoms with Crippen molar-refractivity contribution in [2.24, 2.45) is 0 Å². The summed E-state index contributed by atoms with van der Waals surface area (Å²) in [7, 11) is -2.42. The van der Waals surface area contributed by atoms with Gasteiger partial charge in [0.15, 0.2) is 0 Å². The van der Waals surface area contributed by atoms with Gasteiger partial charge < -0.3 is 4.74 Å². The van der Waals surface area contributed by atoms with Gasteiger partial charge in [-0.1, -0.05) is 24.3 Å². The van der Waals surface area contributed by atoms with Crippen LogP contribution in [-0.2, 0) is 22.7 Å². The van der Waals surface area contributed by atoms with Crippen LogP contribution in [0.25, 0.3) is 0 Å². The highest BCUT2D eigenvalue weighted by molar-refractivity contribution is 7.91. The molecular formula is C20H17F2NO3S. The first-order valence-electron chi connectivity index (χ1n) is 8.20. The van der Waals surface area contributed by atoms with Crippen molar-refractivity contribution in [1.82, 2.24) is 4.98 Å². The Morgan fingerprint density at radius 2 is 1.70 bits per heavy atom. The summed E-state index contributed by atoms with van der Waals surface area (Å²) in [6, 6.07) is 14.4. The van der Waals surface area contributed by atoms with Crippen LogP contribution in [0.15, 0.2) is 70.5 Å². The highest BCUT2D eigenvalue weighted by Gasteiger charge is 2.23. The quantitative estimate of drug-likeness (QED) is 0.640. The van der Waals surface area contributed by atoms with Crippen molar-refractivity contribution in [3.63, 3.8) is 0 Å². The normalized spacial score (nSPS) is 11.4. The molecule has 7 heteroatoms. The summed E-state index contributed by atoms with van der Waals surface area (Å²) in [6.45, 7) is 0. The Morgan fingerprint density at radius 1 is 0.963 bits per heavy atom. The average molecular weight is 389 g/mol. The lowest BCUT2D eigenvalue weighted by atomic mass is 10.1. The molecule has 0 fully saturated rings. The molecule has 0 aliphatic heterocycles. The zero-order valence-corrected chi connectivity index (χ0v) is 15.3. The minimum Gasteiger partial charge on any atom is -0.480 e. The predicted molar refractivity (Wildman–Crippen MR) is 96.4 cm³/mol. The number of hydrogen-bond acceptors (Lipinski definition) is 4. The van der Waals surface area contributed by atoms with Crippen LogP contribution < -0.4 is 4.74 Å². The molecule has 0 radical (unpaired) electrons. The van der Waals surface area contributed by atoms with Gasteiger partial charge >= 0.3 is 0 Å². The summed E-state index contributed by atoms with van der Waals surface area (Å²) in [4.78, 5) is 4.36. The Kier molecular flexibility index (Phi) is 5.51. The molecule has 0 bridgehead atoms. The van der Waals surface area contributed by atoms with E-state index in [0.717, 1.165) is 6.07 Å². The number of aryl methyl sites for hydroxylation is 2. The van der Waals surface area contributed by atoms with Crippen molar-refractivity contribution in [3.05, 3.63) is 83.6 Å². The highest BCUT2D eigenvalue weighted by atomic mass is 32.2. The van der Waals surface area contributed by atoms with Crippen LogP contribution in [0.1, 0.15) is 11.3 Å². The van der Waals surface area contributed by atoms with Gasteiger partial charge in [-0.15, -0.1) is 0 Å². The number of aromatic nitrogens is 1. The van der Waals surface area contributed by atoms with E-state index in [9.17, 15) is 17.2 Å². The standard InChI is InChI=1S/C20H17F2NO3S/c1-26-20-19(27(24,25)17-5-3-2-4-6-17)12-11-16(23-20)10-8-14-7-9-15(21)13-18(14)22/h2-7,9,11-13H,8,10H2,1H3. The van der Waals surface area contributed by atoms with Crippen molar-refractivity contribution >= 4 is 9.84 Å². The van der Waals surface area contributed by atoms with Crippen molar-refractivity contribution in [3.8, 4) is 5.88 Å². The lowest BCUT2D eigenvalue weighted by Crippen LogP contribution is -2.07. The third-order valence-corrected chi connectivity index (χ3v) is 5.87. The van der Waals surface area contributed by atoms with Crippen LogP contribution in [0.5, 0.6) is 5.88 Å². The Hall–Kier alpha value is -2.80. The van der Waals surface area contributed by atoms with E-state index in [4.69, 9.17) is 4.74 Å². The first-order valence-corrected chi connectivity index (χ1v) is 9.68. The highest BCUT2D eigenvalue weighted by Crippen LogP contribution is 2.28. The zero-order valence-electron chi connectivity index (χ0n) is 14.5. The van der Waals surface area contributed by atoms with E-state index in [1.54, 1.807) is 24.3 Å². The molecule has 4 nitrogen and oxygen atoms in total. The number of benzene rings is 2. The summed E-state index contributed by atoms with van der Waals surface area (Å²) >= 11 is 0. The summed E-state index contributed by atoms with van der Waals surface area (Å²) < 4.78 is 57.4. The van der Waals surface area contributed by atoms with E-state index in [1.165, 1.54) is 37.4 Å². The van der Waals surface area contributed by atoms with E-state index < -0.39 is 21.5 Å². The minimum absolute atomic E-state index is 0.0177. The number of nitrogens with zero attached hydrogens (tertiary/aromatic N) is 1. The molecule has 0 spiro atoms. The van der Waals surface area contributed by atoms with Gasteiger partial charge in [-0.25, -0.2) is 22.2 Å². The number of sulfone groups is 1. The summed E-state index contributed by atoms with van der Waals surface area (Å²) in [5, 5.41) is 0. The first-order chi connectivity index (χ1) is 12.9. The maximum Gasteiger partial charge on any atom is 0.232 e. The molecule has 0 atom stereocenters. The molecule has 0 saturated heterocycles. The summed E-state index contributed by atoms with van der Waals surface area (Å²) in [6.07, 6.45) is 0.650. The van der Waals surface area contributed by atoms with E-state index in [0.29, 0.717) is 24.1 Å². The van der Waals surface area contributed by atoms with Crippen LogP contribution in [0.2, 0.25) is 0 Å². The second kappa shape index (κ2) is 7.84. The number of methoxy groups -OCH3 is 1. The fourth-order valence-corrected chi connectivity index (χ4v) is 4.05. The zero-order chi connectivity index (χ0) is 19.4. The van der Waals surface area contributed by atoms with Crippen molar-refractivity contribution < 1.29 is 21.9 Å². The van der Waals surface area contributed by atoms with E-state index in [2.05, 4.69) is 4.98 Å². The lowest BCUT2D eigenvalue weighted by Gasteiger charge is -2.11. The van der Waals surface area contributed by atoms with Gasteiger partial charge in [0.1, 0.15) is 16.5 Å². The topological polar surface area (TPSA) is 56.3 Å². The second-order valence-electron chi connectivity index (χ2n) is 5.86. The molecule has 0 aliphatic carbocycles. The van der Waals surface area contributed by atoms with Gasteiger partial charge in [-0.05, 0) is 48.7 Å². The van der Waals surface area contributed by atoms with Gasteiger partial charge in [0.05, 0.1) is 12.0 Å². The van der Waals surface area contributed by atoms with Gasteiger partial charge in [-0.3, -0.25) is 0 Å². The molecule has 0 aliphatic rings. The van der Waals surface area contributed by atoms with Gasteiger partial charge in [0.2, 0.25) is 15.7 Å². The monoisotopic (exact) mass is 389 g/mol. The van der Waals surface area contributed by atoms with Crippen LogP contribution >= 0.6 is 0 Å². The first kappa shape index (κ1) is 19.0. The van der Waals surface area contributed by atoms with E-state index in [-0.39, 0.29) is 15.7 Å². The smallest absolute Gasteiger partial charge is 0.232 e. The Balaban J connectivity index is 1.86. The molecule has 1 heterocycles. The molecule has 0 N–H and O–H groups in total. The number of rotatable bonds is 6. The van der Waals surface area contributed by atoms with Crippen LogP contribution in [-0.4, -0.2) is 20.5 Å². The number of pyridine rings is 1. The predicted octanol–water partition coefficient (Wildman–Crippen LogP) is 3.99. The Bertz CT molecular complexity index is 1050. The molecule has 3 aromatic rings. The molecule has 3 rings (SSSR count). The van der Waals surface area contributed by atoms with Crippen LogP contribution in [0.4, 0.5) is 8.78 Å². The molecule has 140 valence electrons. The van der Waals surface area contributed by atoms with Crippen LogP contribution in [0, 0.1) is 11.6 Å². The molecule has 0 unspecified atom stereocenters. The van der Waals surface area contributed by atoms with Crippen LogP contribution in [0.3, 0.4) is 0 Å². The molecular weight excluding hydrogens is 372 g/mol. The summed E-state index contributed by atoms with van der Waals surface area (Å²) in [5.74, 6) is -1.27. The fraction of sp³-hybridized carbons (Fsp3) is 0.150. The van der Waals surface area contributed by atoms with Crippen molar-refractivity contribution in [2.45, 2.75) is 22.6 Å². The minimum atomic E-state index is -3.77. The SMILES string of the molecule is COc1nc(CCc2ccc(F)cc2F)ccc1S(=O)(=O)c1ccccc1. The second-order valence-corrected chi connectivity index (χ2v) is 7.78. The third-order valence-electron chi connectivity index (χ3n) is 4.08. The van der Waals surface area contributed by atoms with E-state index in [1.807, 2.05) is 0 Å². The molecule has 1 aromatic heterocycles. The van der Waals surface area contributed by atoms with Gasteiger partial charge in [-0.2, -0.15) is 0 Å².